The number of nitrogens with two attached hydrogens (primary N) is 1. The van der Waals surface area contributed by atoms with Crippen LogP contribution in [-0.2, 0) is 0 Å². The van der Waals surface area contributed by atoms with E-state index in [0.29, 0.717) is 13.2 Å². The number of benzene rings is 1. The Hall–Kier alpha value is -1.16. The Morgan fingerprint density at radius 1 is 1.31 bits per heavy atom. The molecular weight excluding hydrogens is 212 g/mol. The van der Waals surface area contributed by atoms with Crippen LogP contribution in [0.4, 0.5) is 8.78 Å². The Balaban J connectivity index is 1.97. The highest BCUT2D eigenvalue weighted by molar-refractivity contribution is 5.25. The average molecular weight is 227 g/mol. The fraction of sp³-hybridized carbons (Fsp3) is 0.500. The second-order valence-electron chi connectivity index (χ2n) is 4.40. The number of rotatable bonds is 5. The molecule has 0 spiro atoms. The molecule has 0 atom stereocenters. The van der Waals surface area contributed by atoms with Crippen LogP contribution in [-0.4, -0.2) is 13.2 Å². The van der Waals surface area contributed by atoms with Crippen LogP contribution in [0.15, 0.2) is 18.2 Å². The highest BCUT2D eigenvalue weighted by atomic mass is 19.1. The predicted molar refractivity (Wildman–Crippen MR) is 57.2 cm³/mol. The summed E-state index contributed by atoms with van der Waals surface area (Å²) in [6.45, 7) is 1.03. The van der Waals surface area contributed by atoms with Gasteiger partial charge >= 0.3 is 0 Å². The number of hydrogen-bond donors (Lipinski definition) is 1. The Morgan fingerprint density at radius 3 is 2.69 bits per heavy atom. The maximum atomic E-state index is 13.2. The van der Waals surface area contributed by atoms with E-state index < -0.39 is 11.6 Å². The lowest BCUT2D eigenvalue weighted by Crippen LogP contribution is -2.17. The van der Waals surface area contributed by atoms with E-state index in [0.717, 1.165) is 37.5 Å². The molecule has 88 valence electrons. The SMILES string of the molecule is NCCC1(COc2cc(F)ccc2F)CC1. The second kappa shape index (κ2) is 4.37. The van der Waals surface area contributed by atoms with Gasteiger partial charge in [0.15, 0.2) is 11.6 Å². The van der Waals surface area contributed by atoms with Crippen molar-refractivity contribution in [2.24, 2.45) is 11.1 Å². The van der Waals surface area contributed by atoms with Crippen molar-refractivity contribution >= 4 is 0 Å². The molecule has 2 nitrogen and oxygen atoms in total. The van der Waals surface area contributed by atoms with Crippen molar-refractivity contribution in [1.29, 1.82) is 0 Å². The van der Waals surface area contributed by atoms with Crippen LogP contribution in [0.5, 0.6) is 5.75 Å². The summed E-state index contributed by atoms with van der Waals surface area (Å²) in [7, 11) is 0. The van der Waals surface area contributed by atoms with E-state index in [1.54, 1.807) is 0 Å². The van der Waals surface area contributed by atoms with Gasteiger partial charge in [0.25, 0.3) is 0 Å². The monoisotopic (exact) mass is 227 g/mol. The van der Waals surface area contributed by atoms with Gasteiger partial charge in [0.2, 0.25) is 0 Å². The molecule has 0 saturated heterocycles. The lowest BCUT2D eigenvalue weighted by Gasteiger charge is -2.15. The summed E-state index contributed by atoms with van der Waals surface area (Å²) in [5.74, 6) is -1.02. The van der Waals surface area contributed by atoms with Crippen LogP contribution in [0.1, 0.15) is 19.3 Å². The van der Waals surface area contributed by atoms with E-state index in [1.165, 1.54) is 0 Å². The first-order chi connectivity index (χ1) is 7.65. The van der Waals surface area contributed by atoms with Crippen LogP contribution in [0.2, 0.25) is 0 Å². The van der Waals surface area contributed by atoms with Crippen LogP contribution < -0.4 is 10.5 Å². The van der Waals surface area contributed by atoms with Gasteiger partial charge in [-0.15, -0.1) is 0 Å². The zero-order valence-corrected chi connectivity index (χ0v) is 9.01. The third-order valence-corrected chi connectivity index (χ3v) is 3.06. The molecule has 0 heterocycles. The van der Waals surface area contributed by atoms with E-state index in [9.17, 15) is 8.78 Å². The van der Waals surface area contributed by atoms with Gasteiger partial charge in [-0.1, -0.05) is 0 Å². The fourth-order valence-electron chi connectivity index (χ4n) is 1.77. The number of ether oxygens (including phenoxy) is 1. The molecule has 0 aliphatic heterocycles. The minimum atomic E-state index is -0.523. The molecule has 0 amide bonds. The Bertz CT molecular complexity index is 377. The molecule has 1 aromatic carbocycles. The molecule has 1 aromatic rings. The third kappa shape index (κ3) is 2.50. The first-order valence-corrected chi connectivity index (χ1v) is 5.43. The number of halogens is 2. The minimum Gasteiger partial charge on any atom is -0.490 e. The first-order valence-electron chi connectivity index (χ1n) is 5.43. The van der Waals surface area contributed by atoms with Gasteiger partial charge < -0.3 is 10.5 Å². The Morgan fingerprint density at radius 2 is 2.06 bits per heavy atom. The van der Waals surface area contributed by atoms with Crippen LogP contribution in [0.25, 0.3) is 0 Å². The van der Waals surface area contributed by atoms with Gasteiger partial charge in [0, 0.05) is 11.5 Å². The largest absolute Gasteiger partial charge is 0.490 e. The highest BCUT2D eigenvalue weighted by Gasteiger charge is 2.42. The second-order valence-corrected chi connectivity index (χ2v) is 4.40. The molecule has 0 bridgehead atoms. The lowest BCUT2D eigenvalue weighted by atomic mass is 10.0. The molecule has 2 rings (SSSR count). The van der Waals surface area contributed by atoms with E-state index >= 15 is 0 Å². The maximum absolute atomic E-state index is 13.2. The zero-order chi connectivity index (χ0) is 11.6. The maximum Gasteiger partial charge on any atom is 0.165 e. The summed E-state index contributed by atoms with van der Waals surface area (Å²) < 4.78 is 31.4. The van der Waals surface area contributed by atoms with E-state index in [1.807, 2.05) is 0 Å². The zero-order valence-electron chi connectivity index (χ0n) is 9.01. The Labute approximate surface area is 93.4 Å². The van der Waals surface area contributed by atoms with Crippen LogP contribution in [0.3, 0.4) is 0 Å². The molecule has 0 aromatic heterocycles. The molecule has 1 fully saturated rings. The van der Waals surface area contributed by atoms with E-state index in [4.69, 9.17) is 10.5 Å². The van der Waals surface area contributed by atoms with Crippen molar-refractivity contribution in [2.75, 3.05) is 13.2 Å². The topological polar surface area (TPSA) is 35.2 Å². The summed E-state index contributed by atoms with van der Waals surface area (Å²) in [6.07, 6.45) is 2.99. The molecule has 1 aliphatic rings. The first kappa shape index (κ1) is 11.3. The molecular formula is C12H15F2NO. The van der Waals surface area contributed by atoms with Gasteiger partial charge in [-0.3, -0.25) is 0 Å². The molecule has 16 heavy (non-hydrogen) atoms. The summed E-state index contributed by atoms with van der Waals surface area (Å²) in [6, 6.07) is 3.23. The van der Waals surface area contributed by atoms with Crippen molar-refractivity contribution in [2.45, 2.75) is 19.3 Å². The van der Waals surface area contributed by atoms with Gasteiger partial charge in [0.05, 0.1) is 6.61 Å². The summed E-state index contributed by atoms with van der Waals surface area (Å²) >= 11 is 0. The normalized spacial score (nSPS) is 17.2. The van der Waals surface area contributed by atoms with Crippen molar-refractivity contribution in [3.63, 3.8) is 0 Å². The smallest absolute Gasteiger partial charge is 0.165 e. The highest BCUT2D eigenvalue weighted by Crippen LogP contribution is 2.48. The summed E-state index contributed by atoms with van der Waals surface area (Å²) in [4.78, 5) is 0. The minimum absolute atomic E-state index is 0.0108. The van der Waals surface area contributed by atoms with Gasteiger partial charge in [-0.05, 0) is 37.9 Å². The summed E-state index contributed by atoms with van der Waals surface area (Å²) in [5.41, 5.74) is 5.59. The van der Waals surface area contributed by atoms with Crippen molar-refractivity contribution < 1.29 is 13.5 Å². The van der Waals surface area contributed by atoms with E-state index in [2.05, 4.69) is 0 Å². The molecule has 4 heteroatoms. The third-order valence-electron chi connectivity index (χ3n) is 3.06. The van der Waals surface area contributed by atoms with Crippen LogP contribution in [0, 0.1) is 17.0 Å². The summed E-state index contributed by atoms with van der Waals surface area (Å²) in [5, 5.41) is 0. The Kier molecular flexibility index (Phi) is 3.10. The average Bonchev–Trinajstić information content (AvgIpc) is 3.01. The van der Waals surface area contributed by atoms with Crippen LogP contribution >= 0.6 is 0 Å². The molecule has 0 unspecified atom stereocenters. The van der Waals surface area contributed by atoms with Crippen molar-refractivity contribution in [3.05, 3.63) is 29.8 Å². The lowest BCUT2D eigenvalue weighted by molar-refractivity contribution is 0.217. The number of hydrogen-bond acceptors (Lipinski definition) is 2. The van der Waals surface area contributed by atoms with Crippen molar-refractivity contribution in [1.82, 2.24) is 0 Å². The van der Waals surface area contributed by atoms with Gasteiger partial charge in [-0.25, -0.2) is 8.78 Å². The fourth-order valence-corrected chi connectivity index (χ4v) is 1.77. The van der Waals surface area contributed by atoms with Gasteiger partial charge in [-0.2, -0.15) is 0 Å². The molecule has 2 N–H and O–H groups in total. The molecule has 1 saturated carbocycles. The van der Waals surface area contributed by atoms with Gasteiger partial charge in [0.1, 0.15) is 5.82 Å². The van der Waals surface area contributed by atoms with Crippen molar-refractivity contribution in [3.8, 4) is 5.75 Å². The standard InChI is InChI=1S/C12H15F2NO/c13-9-1-2-10(14)11(7-9)16-8-12(3-4-12)5-6-15/h1-2,7H,3-6,8,15H2. The quantitative estimate of drug-likeness (QED) is 0.838. The molecule has 1 aliphatic carbocycles. The predicted octanol–water partition coefficient (Wildman–Crippen LogP) is 2.47. The van der Waals surface area contributed by atoms with E-state index in [-0.39, 0.29) is 11.2 Å². The molecule has 0 radical (unpaired) electrons.